The molecule has 0 saturated carbocycles. The van der Waals surface area contributed by atoms with Crippen molar-refractivity contribution in [2.75, 3.05) is 65.6 Å². The highest BCUT2D eigenvalue weighted by atomic mass is 16.5. The lowest BCUT2D eigenvalue weighted by atomic mass is 10.1. The molecule has 2 saturated heterocycles. The Morgan fingerprint density at radius 2 is 1.91 bits per heavy atom. The number of amides is 2. The molecule has 22 heavy (non-hydrogen) atoms. The van der Waals surface area contributed by atoms with Crippen LogP contribution < -0.4 is 5.32 Å². The Labute approximate surface area is 134 Å². The summed E-state index contributed by atoms with van der Waals surface area (Å²) >= 11 is 0. The number of piperazine rings is 1. The second kappa shape index (κ2) is 8.70. The fourth-order valence-corrected chi connectivity index (χ4v) is 3.19. The number of hydrogen-bond donors (Lipinski definition) is 1. The molecule has 2 fully saturated rings. The zero-order valence-electron chi connectivity index (χ0n) is 14.4. The fraction of sp³-hybridized carbons (Fsp3) is 0.938. The zero-order chi connectivity index (χ0) is 15.9. The van der Waals surface area contributed by atoms with Crippen LogP contribution in [-0.4, -0.2) is 92.3 Å². The molecule has 2 rings (SSSR count). The second-order valence-electron chi connectivity index (χ2n) is 6.64. The molecule has 2 aliphatic heterocycles. The van der Waals surface area contributed by atoms with Gasteiger partial charge in [0.05, 0.1) is 19.3 Å². The minimum absolute atomic E-state index is 0.0541. The molecule has 0 aromatic carbocycles. The Kier molecular flexibility index (Phi) is 6.92. The number of nitrogens with zero attached hydrogens (tertiary/aromatic N) is 3. The van der Waals surface area contributed by atoms with Crippen molar-refractivity contribution in [2.24, 2.45) is 5.92 Å². The number of urea groups is 1. The van der Waals surface area contributed by atoms with E-state index in [0.717, 1.165) is 32.7 Å². The van der Waals surface area contributed by atoms with E-state index in [-0.39, 0.29) is 12.1 Å². The van der Waals surface area contributed by atoms with Crippen LogP contribution in [0.3, 0.4) is 0 Å². The standard InChI is InChI=1S/C16H32N4O2/c1-4-18-5-7-19(8-6-18)12-14(2)11-17-16(21)20-9-10-22-13-15(20)3/h14-15H,4-13H2,1-3H3,(H,17,21)/t14-,15+/m1/s1. The van der Waals surface area contributed by atoms with Crippen molar-refractivity contribution >= 4 is 6.03 Å². The Balaban J connectivity index is 1.65. The first kappa shape index (κ1) is 17.5. The first-order valence-corrected chi connectivity index (χ1v) is 8.67. The molecule has 0 radical (unpaired) electrons. The van der Waals surface area contributed by atoms with Crippen LogP contribution in [0.1, 0.15) is 20.8 Å². The van der Waals surface area contributed by atoms with Gasteiger partial charge in [0.2, 0.25) is 0 Å². The normalized spacial score (nSPS) is 26.0. The Hall–Kier alpha value is -0.850. The molecule has 0 unspecified atom stereocenters. The Morgan fingerprint density at radius 1 is 1.23 bits per heavy atom. The van der Waals surface area contributed by atoms with Crippen molar-refractivity contribution in [2.45, 2.75) is 26.8 Å². The van der Waals surface area contributed by atoms with Gasteiger partial charge in [-0.15, -0.1) is 0 Å². The van der Waals surface area contributed by atoms with E-state index in [1.807, 2.05) is 11.8 Å². The summed E-state index contributed by atoms with van der Waals surface area (Å²) in [5.74, 6) is 0.480. The molecule has 128 valence electrons. The molecule has 1 N–H and O–H groups in total. The van der Waals surface area contributed by atoms with E-state index in [1.165, 1.54) is 13.1 Å². The molecular weight excluding hydrogens is 280 g/mol. The summed E-state index contributed by atoms with van der Waals surface area (Å²) in [6.07, 6.45) is 0. The van der Waals surface area contributed by atoms with E-state index in [1.54, 1.807) is 0 Å². The largest absolute Gasteiger partial charge is 0.377 e. The number of morpholine rings is 1. The highest BCUT2D eigenvalue weighted by Crippen LogP contribution is 2.08. The average Bonchev–Trinajstić information content (AvgIpc) is 2.54. The molecule has 2 atom stereocenters. The molecule has 0 aliphatic carbocycles. The number of ether oxygens (including phenoxy) is 1. The van der Waals surface area contributed by atoms with E-state index >= 15 is 0 Å². The van der Waals surface area contributed by atoms with Crippen molar-refractivity contribution in [1.29, 1.82) is 0 Å². The lowest BCUT2D eigenvalue weighted by Crippen LogP contribution is -2.52. The van der Waals surface area contributed by atoms with Crippen LogP contribution in [0.4, 0.5) is 4.79 Å². The maximum atomic E-state index is 12.2. The number of hydrogen-bond acceptors (Lipinski definition) is 4. The van der Waals surface area contributed by atoms with Crippen LogP contribution in [0.15, 0.2) is 0 Å². The molecule has 0 aromatic rings. The van der Waals surface area contributed by atoms with Gasteiger partial charge in [0, 0.05) is 45.8 Å². The van der Waals surface area contributed by atoms with Gasteiger partial charge in [0.15, 0.2) is 0 Å². The number of carbonyl (C=O) groups excluding carboxylic acids is 1. The van der Waals surface area contributed by atoms with Crippen molar-refractivity contribution in [3.8, 4) is 0 Å². The molecule has 0 aromatic heterocycles. The third-order valence-corrected chi connectivity index (χ3v) is 4.71. The summed E-state index contributed by atoms with van der Waals surface area (Å²) in [6.45, 7) is 16.1. The second-order valence-corrected chi connectivity index (χ2v) is 6.64. The van der Waals surface area contributed by atoms with Gasteiger partial charge >= 0.3 is 6.03 Å². The summed E-state index contributed by atoms with van der Waals surface area (Å²) in [6, 6.07) is 0.227. The van der Waals surface area contributed by atoms with Crippen molar-refractivity contribution in [3.63, 3.8) is 0 Å². The lowest BCUT2D eigenvalue weighted by molar-refractivity contribution is 0.0188. The van der Waals surface area contributed by atoms with Crippen molar-refractivity contribution in [1.82, 2.24) is 20.0 Å². The fourth-order valence-electron chi connectivity index (χ4n) is 3.19. The SMILES string of the molecule is CCN1CCN(C[C@H](C)CNC(=O)N2CCOC[C@@H]2C)CC1. The highest BCUT2D eigenvalue weighted by Gasteiger charge is 2.24. The van der Waals surface area contributed by atoms with E-state index in [9.17, 15) is 4.79 Å². The van der Waals surface area contributed by atoms with E-state index in [0.29, 0.717) is 25.7 Å². The molecule has 2 aliphatic rings. The zero-order valence-corrected chi connectivity index (χ0v) is 14.4. The van der Waals surface area contributed by atoms with Gasteiger partial charge in [0.1, 0.15) is 0 Å². The minimum Gasteiger partial charge on any atom is -0.377 e. The minimum atomic E-state index is 0.0541. The van der Waals surface area contributed by atoms with E-state index in [4.69, 9.17) is 4.74 Å². The topological polar surface area (TPSA) is 48.0 Å². The van der Waals surface area contributed by atoms with Gasteiger partial charge in [-0.25, -0.2) is 4.79 Å². The summed E-state index contributed by atoms with van der Waals surface area (Å²) < 4.78 is 5.37. The Morgan fingerprint density at radius 3 is 2.55 bits per heavy atom. The van der Waals surface area contributed by atoms with Gasteiger partial charge in [0.25, 0.3) is 0 Å². The van der Waals surface area contributed by atoms with Gasteiger partial charge in [-0.05, 0) is 19.4 Å². The van der Waals surface area contributed by atoms with Gasteiger partial charge in [-0.1, -0.05) is 13.8 Å². The maximum Gasteiger partial charge on any atom is 0.317 e. The lowest BCUT2D eigenvalue weighted by Gasteiger charge is -2.36. The average molecular weight is 312 g/mol. The van der Waals surface area contributed by atoms with Crippen LogP contribution in [0.25, 0.3) is 0 Å². The smallest absolute Gasteiger partial charge is 0.317 e. The van der Waals surface area contributed by atoms with Crippen LogP contribution >= 0.6 is 0 Å². The monoisotopic (exact) mass is 312 g/mol. The highest BCUT2D eigenvalue weighted by molar-refractivity contribution is 5.74. The summed E-state index contributed by atoms with van der Waals surface area (Å²) in [5, 5.41) is 3.09. The van der Waals surface area contributed by atoms with Gasteiger partial charge in [-0.2, -0.15) is 0 Å². The number of nitrogens with one attached hydrogen (secondary N) is 1. The first-order valence-electron chi connectivity index (χ1n) is 8.67. The van der Waals surface area contributed by atoms with E-state index < -0.39 is 0 Å². The summed E-state index contributed by atoms with van der Waals surface area (Å²) in [4.78, 5) is 19.1. The quantitative estimate of drug-likeness (QED) is 0.811. The molecule has 2 amide bonds. The molecule has 0 spiro atoms. The van der Waals surface area contributed by atoms with Crippen LogP contribution in [0.5, 0.6) is 0 Å². The van der Waals surface area contributed by atoms with Gasteiger partial charge < -0.3 is 24.8 Å². The molecular formula is C16H32N4O2. The first-order chi connectivity index (χ1) is 10.6. The third-order valence-electron chi connectivity index (χ3n) is 4.71. The Bertz CT molecular complexity index is 345. The molecule has 6 heteroatoms. The predicted molar refractivity (Wildman–Crippen MR) is 88.1 cm³/mol. The molecule has 6 nitrogen and oxygen atoms in total. The number of likely N-dealkylation sites (N-methyl/N-ethyl adjacent to an activating group) is 1. The number of carbonyl (C=O) groups is 1. The predicted octanol–water partition coefficient (Wildman–Crippen LogP) is 0.690. The summed E-state index contributed by atoms with van der Waals surface area (Å²) in [5.41, 5.74) is 0. The van der Waals surface area contributed by atoms with Gasteiger partial charge in [-0.3, -0.25) is 0 Å². The van der Waals surface area contributed by atoms with Crippen molar-refractivity contribution in [3.05, 3.63) is 0 Å². The molecule has 0 bridgehead atoms. The van der Waals surface area contributed by atoms with Crippen LogP contribution in [0.2, 0.25) is 0 Å². The van der Waals surface area contributed by atoms with Crippen LogP contribution in [0, 0.1) is 5.92 Å². The number of rotatable bonds is 5. The third kappa shape index (κ3) is 5.11. The van der Waals surface area contributed by atoms with Crippen molar-refractivity contribution < 1.29 is 9.53 Å². The molecule has 2 heterocycles. The summed E-state index contributed by atoms with van der Waals surface area (Å²) in [7, 11) is 0. The maximum absolute atomic E-state index is 12.2. The van der Waals surface area contributed by atoms with E-state index in [2.05, 4.69) is 29.0 Å². The van der Waals surface area contributed by atoms with Crippen LogP contribution in [-0.2, 0) is 4.74 Å².